The van der Waals surface area contributed by atoms with Crippen LogP contribution < -0.4 is 10.7 Å². The molecule has 1 aliphatic rings. The summed E-state index contributed by atoms with van der Waals surface area (Å²) in [6, 6.07) is 2.08. The van der Waals surface area contributed by atoms with Crippen LogP contribution >= 0.6 is 11.6 Å². The summed E-state index contributed by atoms with van der Waals surface area (Å²) < 4.78 is 28.6. The highest BCUT2D eigenvalue weighted by molar-refractivity contribution is 6.30. The molecule has 0 saturated heterocycles. The highest BCUT2D eigenvalue weighted by atomic mass is 35.5. The van der Waals surface area contributed by atoms with Gasteiger partial charge in [-0.25, -0.2) is 8.78 Å². The number of nitrogens with one attached hydrogen (secondary N) is 1. The number of carbonyl (C=O) groups is 2. The van der Waals surface area contributed by atoms with Crippen LogP contribution in [-0.2, 0) is 13.1 Å². The number of hydrogen-bond acceptors (Lipinski definition) is 4. The van der Waals surface area contributed by atoms with Crippen LogP contribution in [0.25, 0.3) is 0 Å². The van der Waals surface area contributed by atoms with Gasteiger partial charge in [-0.05, 0) is 12.5 Å². The zero-order valence-electron chi connectivity index (χ0n) is 16.6. The predicted molar refractivity (Wildman–Crippen MR) is 110 cm³/mol. The zero-order chi connectivity index (χ0) is 22.7. The largest absolute Gasteiger partial charge is 0.503 e. The lowest BCUT2D eigenvalue weighted by atomic mass is 10.1. The normalized spacial score (nSPS) is 13.5. The van der Waals surface area contributed by atoms with E-state index in [2.05, 4.69) is 5.32 Å². The maximum atomic E-state index is 14.0. The molecule has 0 saturated carbocycles. The van der Waals surface area contributed by atoms with Crippen molar-refractivity contribution in [2.75, 3.05) is 13.1 Å². The van der Waals surface area contributed by atoms with E-state index in [0.717, 1.165) is 18.6 Å². The molecular formula is C21H20ClF2N3O4. The number of pyridine rings is 1. The Balaban J connectivity index is 1.83. The molecule has 3 rings (SSSR count). The minimum atomic E-state index is -1.02. The van der Waals surface area contributed by atoms with Gasteiger partial charge in [0.15, 0.2) is 11.4 Å². The standard InChI is InChI=1S/C21H20ClF2N3O4/c1-2-3-4-7-26-8-9-27-11-13(18(28)19(29)17(27)21(26)31)20(30)25-10-12-5-6-14(23)15(22)16(12)24/h3-6,11,29H,2,7-10H2,1H3,(H,25,30)/b4-3-. The number of fused-ring (bicyclic) bond motifs is 1. The summed E-state index contributed by atoms with van der Waals surface area (Å²) in [5, 5.41) is 12.0. The first-order chi connectivity index (χ1) is 14.8. The number of carbonyl (C=O) groups excluding carboxylic acids is 2. The second-order valence-electron chi connectivity index (χ2n) is 6.91. The van der Waals surface area contributed by atoms with Gasteiger partial charge in [-0.2, -0.15) is 0 Å². The number of benzene rings is 1. The van der Waals surface area contributed by atoms with Gasteiger partial charge in [0.25, 0.3) is 11.8 Å². The van der Waals surface area contributed by atoms with Crippen LogP contribution in [0.5, 0.6) is 5.75 Å². The fraction of sp³-hybridized carbons (Fsp3) is 0.286. The van der Waals surface area contributed by atoms with E-state index in [9.17, 15) is 28.3 Å². The van der Waals surface area contributed by atoms with Gasteiger partial charge < -0.3 is 19.9 Å². The van der Waals surface area contributed by atoms with Gasteiger partial charge in [0, 0.05) is 37.9 Å². The maximum Gasteiger partial charge on any atom is 0.274 e. The van der Waals surface area contributed by atoms with Gasteiger partial charge >= 0.3 is 0 Å². The molecule has 2 aromatic rings. The van der Waals surface area contributed by atoms with Gasteiger partial charge in [0.05, 0.1) is 0 Å². The zero-order valence-corrected chi connectivity index (χ0v) is 17.4. The van der Waals surface area contributed by atoms with Gasteiger partial charge in [-0.15, -0.1) is 0 Å². The van der Waals surface area contributed by atoms with Gasteiger partial charge in [0.1, 0.15) is 22.2 Å². The van der Waals surface area contributed by atoms with E-state index in [4.69, 9.17) is 11.6 Å². The Bertz CT molecular complexity index is 1130. The first kappa shape index (κ1) is 22.5. The molecular weight excluding hydrogens is 432 g/mol. The molecule has 0 atom stereocenters. The molecule has 7 nitrogen and oxygen atoms in total. The van der Waals surface area contributed by atoms with Gasteiger partial charge in [-0.3, -0.25) is 14.4 Å². The molecule has 0 unspecified atom stereocenters. The molecule has 1 aliphatic heterocycles. The number of nitrogens with zero attached hydrogens (tertiary/aromatic N) is 2. The van der Waals surface area contributed by atoms with Crippen molar-refractivity contribution < 1.29 is 23.5 Å². The molecule has 2 N–H and O–H groups in total. The molecule has 164 valence electrons. The lowest BCUT2D eigenvalue weighted by Gasteiger charge is -2.29. The highest BCUT2D eigenvalue weighted by Gasteiger charge is 2.30. The van der Waals surface area contributed by atoms with Crippen LogP contribution in [0.1, 0.15) is 39.8 Å². The molecule has 1 aromatic heterocycles. The molecule has 1 aromatic carbocycles. The fourth-order valence-electron chi connectivity index (χ4n) is 3.21. The molecule has 10 heteroatoms. The molecule has 31 heavy (non-hydrogen) atoms. The monoisotopic (exact) mass is 451 g/mol. The first-order valence-corrected chi connectivity index (χ1v) is 9.95. The van der Waals surface area contributed by atoms with Crippen molar-refractivity contribution in [1.82, 2.24) is 14.8 Å². The molecule has 2 heterocycles. The van der Waals surface area contributed by atoms with Crippen LogP contribution in [0.3, 0.4) is 0 Å². The third-order valence-electron chi connectivity index (χ3n) is 4.88. The quantitative estimate of drug-likeness (QED) is 0.522. The number of allylic oxidation sites excluding steroid dienone is 1. The number of rotatable bonds is 6. The molecule has 0 radical (unpaired) electrons. The predicted octanol–water partition coefficient (Wildman–Crippen LogP) is 2.84. The summed E-state index contributed by atoms with van der Waals surface area (Å²) in [6.45, 7) is 2.55. The van der Waals surface area contributed by atoms with E-state index in [1.54, 1.807) is 0 Å². The lowest BCUT2D eigenvalue weighted by Crippen LogP contribution is -2.42. The lowest BCUT2D eigenvalue weighted by molar-refractivity contribution is 0.0716. The summed E-state index contributed by atoms with van der Waals surface area (Å²) in [4.78, 5) is 39.2. The van der Waals surface area contributed by atoms with Crippen LogP contribution in [0, 0.1) is 11.6 Å². The van der Waals surface area contributed by atoms with E-state index >= 15 is 0 Å². The number of aromatic hydroxyl groups is 1. The third-order valence-corrected chi connectivity index (χ3v) is 5.23. The van der Waals surface area contributed by atoms with Crippen molar-refractivity contribution in [2.24, 2.45) is 0 Å². The fourth-order valence-corrected chi connectivity index (χ4v) is 3.39. The van der Waals surface area contributed by atoms with Crippen LogP contribution in [-0.4, -0.2) is 39.5 Å². The Hall–Kier alpha value is -3.20. The summed E-state index contributed by atoms with van der Waals surface area (Å²) in [7, 11) is 0. The van der Waals surface area contributed by atoms with Crippen LogP contribution in [0.4, 0.5) is 8.78 Å². The van der Waals surface area contributed by atoms with E-state index in [1.165, 1.54) is 15.7 Å². The van der Waals surface area contributed by atoms with E-state index in [1.807, 2.05) is 19.1 Å². The number of aromatic nitrogens is 1. The average molecular weight is 452 g/mol. The average Bonchev–Trinajstić information content (AvgIpc) is 2.75. The first-order valence-electron chi connectivity index (χ1n) is 9.57. The maximum absolute atomic E-state index is 14.0. The second kappa shape index (κ2) is 9.30. The summed E-state index contributed by atoms with van der Waals surface area (Å²) in [6.07, 6.45) is 5.73. The van der Waals surface area contributed by atoms with Crippen molar-refractivity contribution in [1.29, 1.82) is 0 Å². The summed E-state index contributed by atoms with van der Waals surface area (Å²) in [5.41, 5.74) is -1.68. The molecule has 0 fully saturated rings. The van der Waals surface area contributed by atoms with Crippen LogP contribution in [0.2, 0.25) is 5.02 Å². The molecule has 0 bridgehead atoms. The minimum absolute atomic E-state index is 0.0759. The molecule has 0 spiro atoms. The Morgan fingerprint density at radius 2 is 2.00 bits per heavy atom. The van der Waals surface area contributed by atoms with Crippen molar-refractivity contribution in [3.8, 4) is 5.75 Å². The summed E-state index contributed by atoms with van der Waals surface area (Å²) in [5.74, 6) is -4.17. The van der Waals surface area contributed by atoms with Gasteiger partial charge in [-0.1, -0.05) is 36.7 Å². The van der Waals surface area contributed by atoms with E-state index in [-0.39, 0.29) is 24.3 Å². The summed E-state index contributed by atoms with van der Waals surface area (Å²) >= 11 is 5.52. The van der Waals surface area contributed by atoms with E-state index in [0.29, 0.717) is 13.1 Å². The second-order valence-corrected chi connectivity index (χ2v) is 7.29. The Labute approximate surface area is 181 Å². The Morgan fingerprint density at radius 1 is 1.26 bits per heavy atom. The SMILES string of the molecule is CC/C=C\CN1CCn2cc(C(=O)NCc3ccc(F)c(Cl)c3F)c(=O)c(O)c2C1=O. The molecule has 2 amide bonds. The molecule has 0 aliphatic carbocycles. The topological polar surface area (TPSA) is 91.6 Å². The highest BCUT2D eigenvalue weighted by Crippen LogP contribution is 2.22. The van der Waals surface area contributed by atoms with Crippen molar-refractivity contribution in [3.05, 3.63) is 74.2 Å². The van der Waals surface area contributed by atoms with Crippen molar-refractivity contribution in [3.63, 3.8) is 0 Å². The van der Waals surface area contributed by atoms with Crippen molar-refractivity contribution >= 4 is 23.4 Å². The van der Waals surface area contributed by atoms with E-state index < -0.39 is 45.2 Å². The number of amides is 2. The van der Waals surface area contributed by atoms with Crippen LogP contribution in [0.15, 0.2) is 35.3 Å². The Morgan fingerprint density at radius 3 is 2.71 bits per heavy atom. The number of halogens is 3. The van der Waals surface area contributed by atoms with Crippen molar-refractivity contribution in [2.45, 2.75) is 26.4 Å². The van der Waals surface area contributed by atoms with Gasteiger partial charge in [0.2, 0.25) is 5.43 Å². The number of hydrogen-bond donors (Lipinski definition) is 2. The third kappa shape index (κ3) is 4.46. The minimum Gasteiger partial charge on any atom is -0.503 e. The Kier molecular flexibility index (Phi) is 6.74. The smallest absolute Gasteiger partial charge is 0.274 e.